The number of halogens is 1. The number of amides is 1. The first kappa shape index (κ1) is 19.1. The predicted molar refractivity (Wildman–Crippen MR) is 91.8 cm³/mol. The molecule has 0 saturated carbocycles. The molecule has 0 aliphatic carbocycles. The Labute approximate surface area is 142 Å². The molecule has 0 fully saturated rings. The maximum Gasteiger partial charge on any atom is 0.254 e. The molecule has 3 N–H and O–H groups in total. The third-order valence-corrected chi connectivity index (χ3v) is 3.10. The van der Waals surface area contributed by atoms with Gasteiger partial charge in [0, 0.05) is 12.1 Å². The van der Waals surface area contributed by atoms with Crippen molar-refractivity contribution in [1.29, 1.82) is 0 Å². The van der Waals surface area contributed by atoms with Crippen LogP contribution in [-0.4, -0.2) is 12.5 Å². The summed E-state index contributed by atoms with van der Waals surface area (Å²) >= 11 is 0. The molecule has 6 heteroatoms. The van der Waals surface area contributed by atoms with Crippen molar-refractivity contribution in [3.05, 3.63) is 53.5 Å². The minimum atomic E-state index is -0.192. The van der Waals surface area contributed by atoms with Gasteiger partial charge in [0.2, 0.25) is 0 Å². The standard InChI is InChI=1S/C17H22N2O3.ClH/c1-12(2)10-22-16-6-4-3-5-13(16)9-19-17(20)14-7-15(8-18)21-11-14;/h3-7,11-12H,8-10,18H2,1-2H3,(H,19,20);1H. The summed E-state index contributed by atoms with van der Waals surface area (Å²) in [5.41, 5.74) is 6.88. The van der Waals surface area contributed by atoms with Gasteiger partial charge < -0.3 is 20.2 Å². The minimum absolute atomic E-state index is 0. The summed E-state index contributed by atoms with van der Waals surface area (Å²) < 4.78 is 10.9. The summed E-state index contributed by atoms with van der Waals surface area (Å²) in [4.78, 5) is 12.1. The Hall–Kier alpha value is -1.98. The number of para-hydroxylation sites is 1. The van der Waals surface area contributed by atoms with Gasteiger partial charge in [-0.2, -0.15) is 0 Å². The summed E-state index contributed by atoms with van der Waals surface area (Å²) in [6.07, 6.45) is 1.42. The molecule has 0 saturated heterocycles. The van der Waals surface area contributed by atoms with Crippen molar-refractivity contribution < 1.29 is 13.9 Å². The molecule has 1 aromatic heterocycles. The topological polar surface area (TPSA) is 77.5 Å². The molecule has 0 bridgehead atoms. The number of ether oxygens (including phenoxy) is 1. The molecule has 0 atom stereocenters. The van der Waals surface area contributed by atoms with Gasteiger partial charge in [-0.05, 0) is 18.1 Å². The van der Waals surface area contributed by atoms with E-state index in [9.17, 15) is 4.79 Å². The summed E-state index contributed by atoms with van der Waals surface area (Å²) in [5.74, 6) is 1.64. The second-order valence-electron chi connectivity index (χ2n) is 5.50. The lowest BCUT2D eigenvalue weighted by atomic mass is 10.2. The van der Waals surface area contributed by atoms with Crippen LogP contribution in [0.15, 0.2) is 41.0 Å². The van der Waals surface area contributed by atoms with Crippen molar-refractivity contribution >= 4 is 18.3 Å². The molecular formula is C17H23ClN2O3. The molecule has 126 valence electrons. The van der Waals surface area contributed by atoms with Crippen LogP contribution in [0.1, 0.15) is 35.5 Å². The van der Waals surface area contributed by atoms with E-state index in [2.05, 4.69) is 19.2 Å². The number of furan rings is 1. The molecule has 0 unspecified atom stereocenters. The summed E-state index contributed by atoms with van der Waals surface area (Å²) in [7, 11) is 0. The Morgan fingerprint density at radius 1 is 1.35 bits per heavy atom. The van der Waals surface area contributed by atoms with Crippen molar-refractivity contribution in [3.8, 4) is 5.75 Å². The molecule has 0 aliphatic rings. The molecule has 0 aliphatic heterocycles. The van der Waals surface area contributed by atoms with Crippen LogP contribution in [0.4, 0.5) is 0 Å². The van der Waals surface area contributed by atoms with E-state index < -0.39 is 0 Å². The first-order valence-electron chi connectivity index (χ1n) is 7.36. The summed E-state index contributed by atoms with van der Waals surface area (Å²) in [6.45, 7) is 5.51. The fraction of sp³-hybridized carbons (Fsp3) is 0.353. The fourth-order valence-corrected chi connectivity index (χ4v) is 1.93. The van der Waals surface area contributed by atoms with Crippen molar-refractivity contribution in [3.63, 3.8) is 0 Å². The summed E-state index contributed by atoms with van der Waals surface area (Å²) in [5, 5.41) is 2.86. The van der Waals surface area contributed by atoms with E-state index in [0.29, 0.717) is 30.4 Å². The molecule has 1 aromatic carbocycles. The smallest absolute Gasteiger partial charge is 0.254 e. The quantitative estimate of drug-likeness (QED) is 0.813. The fourth-order valence-electron chi connectivity index (χ4n) is 1.93. The van der Waals surface area contributed by atoms with E-state index in [1.165, 1.54) is 6.26 Å². The number of benzene rings is 1. The third-order valence-electron chi connectivity index (χ3n) is 3.10. The molecule has 2 aromatic rings. The monoisotopic (exact) mass is 338 g/mol. The zero-order chi connectivity index (χ0) is 15.9. The lowest BCUT2D eigenvalue weighted by Crippen LogP contribution is -2.22. The Kier molecular flexibility index (Phi) is 7.65. The number of nitrogens with two attached hydrogens (primary N) is 1. The van der Waals surface area contributed by atoms with Crippen LogP contribution in [0, 0.1) is 5.92 Å². The lowest BCUT2D eigenvalue weighted by molar-refractivity contribution is 0.0950. The van der Waals surface area contributed by atoms with Crippen LogP contribution < -0.4 is 15.8 Å². The lowest BCUT2D eigenvalue weighted by Gasteiger charge is -2.13. The molecule has 2 rings (SSSR count). The van der Waals surface area contributed by atoms with E-state index in [0.717, 1.165) is 11.3 Å². The highest BCUT2D eigenvalue weighted by Crippen LogP contribution is 2.18. The SMILES string of the molecule is CC(C)COc1ccccc1CNC(=O)c1coc(CN)c1.Cl. The molecule has 5 nitrogen and oxygen atoms in total. The summed E-state index contributed by atoms with van der Waals surface area (Å²) in [6, 6.07) is 9.35. The number of hydrogen-bond acceptors (Lipinski definition) is 4. The maximum absolute atomic E-state index is 12.1. The van der Waals surface area contributed by atoms with Gasteiger partial charge in [0.1, 0.15) is 17.8 Å². The highest BCUT2D eigenvalue weighted by atomic mass is 35.5. The van der Waals surface area contributed by atoms with Crippen molar-refractivity contribution in [2.24, 2.45) is 11.7 Å². The van der Waals surface area contributed by atoms with Crippen molar-refractivity contribution in [2.75, 3.05) is 6.61 Å². The van der Waals surface area contributed by atoms with Gasteiger partial charge in [0.05, 0.1) is 18.7 Å². The molecular weight excluding hydrogens is 316 g/mol. The highest BCUT2D eigenvalue weighted by molar-refractivity contribution is 5.93. The van der Waals surface area contributed by atoms with Crippen molar-refractivity contribution in [2.45, 2.75) is 26.9 Å². The number of carbonyl (C=O) groups is 1. The average molecular weight is 339 g/mol. The zero-order valence-corrected chi connectivity index (χ0v) is 14.2. The first-order chi connectivity index (χ1) is 10.6. The second-order valence-corrected chi connectivity index (χ2v) is 5.50. The molecule has 1 heterocycles. The zero-order valence-electron chi connectivity index (χ0n) is 13.4. The number of carbonyl (C=O) groups excluding carboxylic acids is 1. The van der Waals surface area contributed by atoms with E-state index in [-0.39, 0.29) is 24.9 Å². The van der Waals surface area contributed by atoms with Gasteiger partial charge in [-0.3, -0.25) is 4.79 Å². The third kappa shape index (κ3) is 5.62. The van der Waals surface area contributed by atoms with E-state index in [1.54, 1.807) is 6.07 Å². The molecule has 1 amide bonds. The molecule has 0 radical (unpaired) electrons. The Morgan fingerprint density at radius 3 is 2.74 bits per heavy atom. The minimum Gasteiger partial charge on any atom is -0.493 e. The van der Waals surface area contributed by atoms with Crippen LogP contribution in [0.5, 0.6) is 5.75 Å². The Balaban J connectivity index is 0.00000264. The molecule has 23 heavy (non-hydrogen) atoms. The Bertz CT molecular complexity index is 626. The van der Waals surface area contributed by atoms with Gasteiger partial charge in [-0.1, -0.05) is 32.0 Å². The maximum atomic E-state index is 12.1. The van der Waals surface area contributed by atoms with Crippen LogP contribution in [0.3, 0.4) is 0 Å². The number of nitrogens with one attached hydrogen (secondary N) is 1. The van der Waals surface area contributed by atoms with Gasteiger partial charge in [-0.15, -0.1) is 12.4 Å². The highest BCUT2D eigenvalue weighted by Gasteiger charge is 2.11. The van der Waals surface area contributed by atoms with Crippen LogP contribution in [0.2, 0.25) is 0 Å². The average Bonchev–Trinajstić information content (AvgIpc) is 3.00. The van der Waals surface area contributed by atoms with Crippen molar-refractivity contribution in [1.82, 2.24) is 5.32 Å². The van der Waals surface area contributed by atoms with Gasteiger partial charge >= 0.3 is 0 Å². The normalized spacial score (nSPS) is 10.3. The van der Waals surface area contributed by atoms with Gasteiger partial charge in [0.25, 0.3) is 5.91 Å². The predicted octanol–water partition coefficient (Wildman–Crippen LogP) is 3.12. The van der Waals surface area contributed by atoms with Crippen LogP contribution in [0.25, 0.3) is 0 Å². The number of rotatable bonds is 7. The Morgan fingerprint density at radius 2 is 2.09 bits per heavy atom. The van der Waals surface area contributed by atoms with Gasteiger partial charge in [-0.25, -0.2) is 0 Å². The van der Waals surface area contributed by atoms with E-state index in [4.69, 9.17) is 14.9 Å². The molecule has 0 spiro atoms. The van der Waals surface area contributed by atoms with Crippen LogP contribution in [-0.2, 0) is 13.1 Å². The number of hydrogen-bond donors (Lipinski definition) is 2. The second kappa shape index (κ2) is 9.22. The largest absolute Gasteiger partial charge is 0.493 e. The van der Waals surface area contributed by atoms with E-state index >= 15 is 0 Å². The first-order valence-corrected chi connectivity index (χ1v) is 7.36. The van der Waals surface area contributed by atoms with E-state index in [1.807, 2.05) is 24.3 Å². The van der Waals surface area contributed by atoms with Crippen LogP contribution >= 0.6 is 12.4 Å². The van der Waals surface area contributed by atoms with Gasteiger partial charge in [0.15, 0.2) is 0 Å².